The summed E-state index contributed by atoms with van der Waals surface area (Å²) in [5, 5.41) is 9.86. The minimum absolute atomic E-state index is 0.0329. The van der Waals surface area contributed by atoms with Crippen molar-refractivity contribution in [3.63, 3.8) is 0 Å². The van der Waals surface area contributed by atoms with Crippen molar-refractivity contribution in [1.29, 1.82) is 0 Å². The first-order chi connectivity index (χ1) is 6.80. The normalized spacial score (nSPS) is 33.0. The van der Waals surface area contributed by atoms with Gasteiger partial charge in [0.1, 0.15) is 0 Å². The van der Waals surface area contributed by atoms with Gasteiger partial charge in [0.05, 0.1) is 6.10 Å². The molecule has 1 heteroatoms. The lowest BCUT2D eigenvalue weighted by atomic mass is 9.92. The van der Waals surface area contributed by atoms with Crippen molar-refractivity contribution in [2.24, 2.45) is 5.92 Å². The van der Waals surface area contributed by atoms with Crippen LogP contribution in [-0.4, -0.2) is 11.2 Å². The second-order valence-corrected chi connectivity index (χ2v) is 4.95. The molecule has 84 valence electrons. The third kappa shape index (κ3) is 4.99. The average Bonchev–Trinajstić information content (AvgIpc) is 2.18. The highest BCUT2D eigenvalue weighted by atomic mass is 16.3. The lowest BCUT2D eigenvalue weighted by molar-refractivity contribution is 0.0980. The minimum atomic E-state index is -0.0329. The van der Waals surface area contributed by atoms with Crippen molar-refractivity contribution in [2.75, 3.05) is 0 Å². The van der Waals surface area contributed by atoms with E-state index < -0.39 is 0 Å². The van der Waals surface area contributed by atoms with E-state index >= 15 is 0 Å². The Hall–Kier alpha value is -0.0400. The second kappa shape index (κ2) is 7.28. The fourth-order valence-electron chi connectivity index (χ4n) is 2.36. The standard InChI is InChI=1S/C13H26O/c1-12-10-8-6-4-2-3-5-7-9-11-13(12)14/h12-14H,2-11H2,1H3/t12?,13-/m1/s1. The van der Waals surface area contributed by atoms with E-state index in [0.717, 1.165) is 6.42 Å². The molecule has 14 heavy (non-hydrogen) atoms. The molecule has 1 fully saturated rings. The molecule has 0 heterocycles. The van der Waals surface area contributed by atoms with E-state index in [1.165, 1.54) is 57.8 Å². The van der Waals surface area contributed by atoms with Crippen molar-refractivity contribution >= 4 is 0 Å². The summed E-state index contributed by atoms with van der Waals surface area (Å²) in [6, 6.07) is 0. The predicted octanol–water partition coefficient (Wildman–Crippen LogP) is 3.90. The third-order valence-electron chi connectivity index (χ3n) is 3.57. The fraction of sp³-hybridized carbons (Fsp3) is 1.00. The van der Waals surface area contributed by atoms with E-state index in [1.54, 1.807) is 0 Å². The summed E-state index contributed by atoms with van der Waals surface area (Å²) in [6.07, 6.45) is 13.1. The third-order valence-corrected chi connectivity index (χ3v) is 3.57. The van der Waals surface area contributed by atoms with Gasteiger partial charge in [0.15, 0.2) is 0 Å². The number of rotatable bonds is 0. The monoisotopic (exact) mass is 198 g/mol. The molecular formula is C13H26O. The summed E-state index contributed by atoms with van der Waals surface area (Å²) in [5.74, 6) is 0.523. The molecule has 0 aromatic heterocycles. The Bertz CT molecular complexity index is 117. The van der Waals surface area contributed by atoms with E-state index in [-0.39, 0.29) is 6.10 Å². The van der Waals surface area contributed by atoms with Crippen LogP contribution in [0.25, 0.3) is 0 Å². The van der Waals surface area contributed by atoms with Gasteiger partial charge in [-0.3, -0.25) is 0 Å². The average molecular weight is 198 g/mol. The van der Waals surface area contributed by atoms with Crippen LogP contribution in [0.1, 0.15) is 71.1 Å². The van der Waals surface area contributed by atoms with Crippen LogP contribution in [0.5, 0.6) is 0 Å². The molecular weight excluding hydrogens is 172 g/mol. The summed E-state index contributed by atoms with van der Waals surface area (Å²) in [6.45, 7) is 2.20. The molecule has 0 amide bonds. The van der Waals surface area contributed by atoms with Crippen LogP contribution in [0.15, 0.2) is 0 Å². The van der Waals surface area contributed by atoms with E-state index in [2.05, 4.69) is 6.92 Å². The van der Waals surface area contributed by atoms with Crippen LogP contribution in [0.4, 0.5) is 0 Å². The van der Waals surface area contributed by atoms with E-state index in [0.29, 0.717) is 5.92 Å². The highest BCUT2D eigenvalue weighted by Gasteiger charge is 2.13. The second-order valence-electron chi connectivity index (χ2n) is 4.95. The number of hydrogen-bond donors (Lipinski definition) is 1. The number of aliphatic hydroxyl groups excluding tert-OH is 1. The molecule has 1 saturated carbocycles. The lowest BCUT2D eigenvalue weighted by Crippen LogP contribution is -2.17. The molecule has 0 radical (unpaired) electrons. The van der Waals surface area contributed by atoms with Gasteiger partial charge in [0.2, 0.25) is 0 Å². The molecule has 0 spiro atoms. The van der Waals surface area contributed by atoms with Crippen LogP contribution in [0.2, 0.25) is 0 Å². The maximum atomic E-state index is 9.86. The van der Waals surface area contributed by atoms with Crippen molar-refractivity contribution in [1.82, 2.24) is 0 Å². The summed E-state index contributed by atoms with van der Waals surface area (Å²) in [7, 11) is 0. The summed E-state index contributed by atoms with van der Waals surface area (Å²) >= 11 is 0. The van der Waals surface area contributed by atoms with Gasteiger partial charge in [-0.05, 0) is 18.8 Å². The summed E-state index contributed by atoms with van der Waals surface area (Å²) in [5.41, 5.74) is 0. The molecule has 0 bridgehead atoms. The minimum Gasteiger partial charge on any atom is -0.393 e. The molecule has 1 nitrogen and oxygen atoms in total. The Morgan fingerprint density at radius 1 is 0.714 bits per heavy atom. The molecule has 1 rings (SSSR count). The van der Waals surface area contributed by atoms with E-state index in [4.69, 9.17) is 0 Å². The quantitative estimate of drug-likeness (QED) is 0.626. The van der Waals surface area contributed by atoms with Crippen LogP contribution >= 0.6 is 0 Å². The molecule has 0 saturated heterocycles. The van der Waals surface area contributed by atoms with Crippen LogP contribution < -0.4 is 0 Å². The SMILES string of the molecule is CC1CCCCCCCCCC[C@H]1O. The molecule has 1 unspecified atom stereocenters. The maximum Gasteiger partial charge on any atom is 0.0565 e. The van der Waals surface area contributed by atoms with Gasteiger partial charge < -0.3 is 5.11 Å². The zero-order valence-electron chi connectivity index (χ0n) is 9.67. The predicted molar refractivity (Wildman–Crippen MR) is 61.3 cm³/mol. The maximum absolute atomic E-state index is 9.86. The lowest BCUT2D eigenvalue weighted by Gasteiger charge is -2.19. The highest BCUT2D eigenvalue weighted by Crippen LogP contribution is 2.20. The number of hydrogen-bond acceptors (Lipinski definition) is 1. The van der Waals surface area contributed by atoms with Crippen molar-refractivity contribution < 1.29 is 5.11 Å². The Morgan fingerprint density at radius 3 is 1.71 bits per heavy atom. The Labute approximate surface area is 88.9 Å². The van der Waals surface area contributed by atoms with E-state index in [9.17, 15) is 5.11 Å². The fourth-order valence-corrected chi connectivity index (χ4v) is 2.36. The largest absolute Gasteiger partial charge is 0.393 e. The first kappa shape index (κ1) is 12.0. The molecule has 1 aliphatic rings. The first-order valence-corrected chi connectivity index (χ1v) is 6.49. The molecule has 0 aromatic carbocycles. The Kier molecular flexibility index (Phi) is 6.25. The van der Waals surface area contributed by atoms with Crippen LogP contribution in [-0.2, 0) is 0 Å². The summed E-state index contributed by atoms with van der Waals surface area (Å²) < 4.78 is 0. The summed E-state index contributed by atoms with van der Waals surface area (Å²) in [4.78, 5) is 0. The Balaban J connectivity index is 2.23. The van der Waals surface area contributed by atoms with Gasteiger partial charge in [-0.1, -0.05) is 58.3 Å². The van der Waals surface area contributed by atoms with Gasteiger partial charge in [-0.25, -0.2) is 0 Å². The molecule has 0 aliphatic heterocycles. The van der Waals surface area contributed by atoms with E-state index in [1.807, 2.05) is 0 Å². The topological polar surface area (TPSA) is 20.2 Å². The van der Waals surface area contributed by atoms with Gasteiger partial charge in [-0.2, -0.15) is 0 Å². The zero-order chi connectivity index (χ0) is 10.2. The van der Waals surface area contributed by atoms with Gasteiger partial charge >= 0.3 is 0 Å². The van der Waals surface area contributed by atoms with Crippen molar-refractivity contribution in [2.45, 2.75) is 77.2 Å². The number of aliphatic hydroxyl groups is 1. The first-order valence-electron chi connectivity index (χ1n) is 6.49. The van der Waals surface area contributed by atoms with Crippen molar-refractivity contribution in [3.05, 3.63) is 0 Å². The van der Waals surface area contributed by atoms with Crippen LogP contribution in [0.3, 0.4) is 0 Å². The van der Waals surface area contributed by atoms with Gasteiger partial charge in [0, 0.05) is 0 Å². The Morgan fingerprint density at radius 2 is 1.14 bits per heavy atom. The molecule has 1 N–H and O–H groups in total. The molecule has 2 atom stereocenters. The van der Waals surface area contributed by atoms with Crippen molar-refractivity contribution in [3.8, 4) is 0 Å². The molecule has 0 aromatic rings. The highest BCUT2D eigenvalue weighted by molar-refractivity contribution is 4.65. The zero-order valence-corrected chi connectivity index (χ0v) is 9.67. The van der Waals surface area contributed by atoms with Crippen LogP contribution in [0, 0.1) is 5.92 Å². The van der Waals surface area contributed by atoms with Gasteiger partial charge in [0.25, 0.3) is 0 Å². The smallest absolute Gasteiger partial charge is 0.0565 e. The molecule has 1 aliphatic carbocycles. The van der Waals surface area contributed by atoms with Gasteiger partial charge in [-0.15, -0.1) is 0 Å².